The molecule has 0 aliphatic carbocycles. The summed E-state index contributed by atoms with van der Waals surface area (Å²) in [4.78, 5) is 7.18. The molecule has 0 N–H and O–H groups in total. The number of alkyl halides is 3. The van der Waals surface area contributed by atoms with Crippen molar-refractivity contribution in [3.63, 3.8) is 0 Å². The van der Waals surface area contributed by atoms with Crippen molar-refractivity contribution in [3.05, 3.63) is 27.5 Å². The van der Waals surface area contributed by atoms with Crippen LogP contribution in [-0.4, -0.2) is 16.7 Å². The molecule has 0 bridgehead atoms. The van der Waals surface area contributed by atoms with Crippen molar-refractivity contribution in [1.82, 2.24) is 4.98 Å². The highest BCUT2D eigenvalue weighted by Gasteiger charge is 2.42. The first-order chi connectivity index (χ1) is 8.30. The lowest BCUT2D eigenvalue weighted by molar-refractivity contribution is -0.136. The van der Waals surface area contributed by atoms with Crippen LogP contribution in [0.3, 0.4) is 0 Å². The Hall–Kier alpha value is -1.60. The molecule has 96 valence electrons. The van der Waals surface area contributed by atoms with Gasteiger partial charge in [0.1, 0.15) is 0 Å². The number of thiazole rings is 1. The van der Waals surface area contributed by atoms with Crippen LogP contribution in [0.25, 0.3) is 4.85 Å². The Kier molecular flexibility index (Phi) is 4.31. The fraction of sp³-hybridized carbons (Fsp3) is 0.545. The van der Waals surface area contributed by atoms with Gasteiger partial charge < -0.3 is 0 Å². The van der Waals surface area contributed by atoms with E-state index in [4.69, 9.17) is 11.8 Å². The summed E-state index contributed by atoms with van der Waals surface area (Å²) in [6.45, 7) is 8.74. The maximum Gasteiger partial charge on any atom is 0.389 e. The minimum atomic E-state index is -4.36. The topological polar surface area (TPSA) is 41.0 Å². The first kappa shape index (κ1) is 14.5. The standard InChI is InChI=1S/C11H10F3N3S/c1-8-17-9(6-18-8)5-10(7-15,16-2)3-4-11(12,13)14/h6H,3-5H2,1H3. The van der Waals surface area contributed by atoms with Gasteiger partial charge in [-0.05, 0) is 6.92 Å². The van der Waals surface area contributed by atoms with Gasteiger partial charge >= 0.3 is 11.7 Å². The molecule has 0 amide bonds. The predicted octanol–water partition coefficient (Wildman–Crippen LogP) is 3.52. The molecule has 18 heavy (non-hydrogen) atoms. The summed E-state index contributed by atoms with van der Waals surface area (Å²) in [6, 6.07) is 1.71. The Morgan fingerprint density at radius 2 is 2.17 bits per heavy atom. The maximum absolute atomic E-state index is 12.2. The molecule has 0 saturated carbocycles. The summed E-state index contributed by atoms with van der Waals surface area (Å²) in [5.41, 5.74) is -1.17. The molecule has 1 atom stereocenters. The first-order valence-electron chi connectivity index (χ1n) is 5.08. The number of nitrogens with zero attached hydrogens (tertiary/aromatic N) is 3. The number of hydrogen-bond donors (Lipinski definition) is 0. The van der Waals surface area contributed by atoms with Crippen molar-refractivity contribution in [3.8, 4) is 6.07 Å². The molecule has 0 radical (unpaired) electrons. The number of nitriles is 1. The molecule has 0 saturated heterocycles. The highest BCUT2D eigenvalue weighted by Crippen LogP contribution is 2.30. The van der Waals surface area contributed by atoms with Gasteiger partial charge in [-0.3, -0.25) is 4.85 Å². The van der Waals surface area contributed by atoms with Gasteiger partial charge in [-0.15, -0.1) is 11.3 Å². The molecule has 1 rings (SSSR count). The predicted molar refractivity (Wildman–Crippen MR) is 60.8 cm³/mol. The lowest BCUT2D eigenvalue weighted by atomic mass is 9.91. The molecule has 3 nitrogen and oxygen atoms in total. The van der Waals surface area contributed by atoms with Crippen molar-refractivity contribution in [2.45, 2.75) is 37.9 Å². The zero-order chi connectivity index (χ0) is 13.8. The number of aryl methyl sites for hydroxylation is 1. The van der Waals surface area contributed by atoms with Gasteiger partial charge in [-0.2, -0.15) is 18.4 Å². The lowest BCUT2D eigenvalue weighted by Gasteiger charge is -2.14. The first-order valence-corrected chi connectivity index (χ1v) is 5.96. The van der Waals surface area contributed by atoms with E-state index >= 15 is 0 Å². The molecule has 0 spiro atoms. The van der Waals surface area contributed by atoms with Crippen LogP contribution in [0.4, 0.5) is 13.2 Å². The second-order valence-corrected chi connectivity index (χ2v) is 4.97. The van der Waals surface area contributed by atoms with Gasteiger partial charge in [0.05, 0.1) is 23.5 Å². The molecule has 1 heterocycles. The van der Waals surface area contributed by atoms with E-state index in [0.29, 0.717) is 5.69 Å². The van der Waals surface area contributed by atoms with Crippen molar-refractivity contribution in [2.75, 3.05) is 0 Å². The smallest absolute Gasteiger partial charge is 0.294 e. The van der Waals surface area contributed by atoms with Crippen molar-refractivity contribution >= 4 is 11.3 Å². The summed E-state index contributed by atoms with van der Waals surface area (Å²) in [7, 11) is 0. The van der Waals surface area contributed by atoms with Gasteiger partial charge in [-0.25, -0.2) is 11.6 Å². The van der Waals surface area contributed by atoms with E-state index in [0.717, 1.165) is 5.01 Å². The summed E-state index contributed by atoms with van der Waals surface area (Å²) < 4.78 is 36.5. The molecule has 1 unspecified atom stereocenters. The SMILES string of the molecule is [C-]#[N+]C(C#N)(CCC(F)(F)F)Cc1csc(C)n1. The number of aromatic nitrogens is 1. The van der Waals surface area contributed by atoms with Crippen LogP contribution in [0.1, 0.15) is 23.5 Å². The minimum absolute atomic E-state index is 0.0621. The Bertz CT molecular complexity index is 479. The molecule has 0 aromatic carbocycles. The normalized spacial score (nSPS) is 14.6. The van der Waals surface area contributed by atoms with Crippen molar-refractivity contribution in [2.24, 2.45) is 0 Å². The minimum Gasteiger partial charge on any atom is -0.294 e. The van der Waals surface area contributed by atoms with Gasteiger partial charge in [0.25, 0.3) is 0 Å². The van der Waals surface area contributed by atoms with E-state index < -0.39 is 24.6 Å². The third kappa shape index (κ3) is 4.01. The van der Waals surface area contributed by atoms with E-state index in [1.165, 1.54) is 11.3 Å². The second-order valence-electron chi connectivity index (χ2n) is 3.91. The maximum atomic E-state index is 12.2. The average molecular weight is 273 g/mol. The molecular formula is C11H10F3N3S. The van der Waals surface area contributed by atoms with Gasteiger partial charge in [-0.1, -0.05) is 0 Å². The molecule has 1 aromatic rings. The number of halogens is 3. The van der Waals surface area contributed by atoms with E-state index in [2.05, 4.69) is 9.83 Å². The van der Waals surface area contributed by atoms with Crippen molar-refractivity contribution < 1.29 is 13.2 Å². The zero-order valence-electron chi connectivity index (χ0n) is 9.58. The van der Waals surface area contributed by atoms with Crippen LogP contribution in [0.15, 0.2) is 5.38 Å². The molecule has 7 heteroatoms. The summed E-state index contributed by atoms with van der Waals surface area (Å²) >= 11 is 1.34. The summed E-state index contributed by atoms with van der Waals surface area (Å²) in [6.07, 6.45) is -6.07. The van der Waals surface area contributed by atoms with E-state index in [1.807, 2.05) is 0 Å². The lowest BCUT2D eigenvalue weighted by Crippen LogP contribution is -2.28. The van der Waals surface area contributed by atoms with Crippen LogP contribution in [0, 0.1) is 24.8 Å². The summed E-state index contributed by atoms with van der Waals surface area (Å²) in [5.74, 6) is 0. The fourth-order valence-electron chi connectivity index (χ4n) is 1.44. The Morgan fingerprint density at radius 3 is 2.56 bits per heavy atom. The molecular weight excluding hydrogens is 263 g/mol. The Labute approximate surface area is 107 Å². The molecule has 0 aliphatic rings. The second kappa shape index (κ2) is 5.36. The van der Waals surface area contributed by atoms with Crippen LogP contribution < -0.4 is 0 Å². The monoisotopic (exact) mass is 273 g/mol. The highest BCUT2D eigenvalue weighted by molar-refractivity contribution is 7.09. The van der Waals surface area contributed by atoms with Crippen LogP contribution in [0.5, 0.6) is 0 Å². The fourth-order valence-corrected chi connectivity index (χ4v) is 2.05. The van der Waals surface area contributed by atoms with Crippen LogP contribution >= 0.6 is 11.3 Å². The van der Waals surface area contributed by atoms with Crippen LogP contribution in [0.2, 0.25) is 0 Å². The van der Waals surface area contributed by atoms with Gasteiger partial charge in [0.2, 0.25) is 0 Å². The Morgan fingerprint density at radius 1 is 1.50 bits per heavy atom. The van der Waals surface area contributed by atoms with Crippen molar-refractivity contribution in [1.29, 1.82) is 5.26 Å². The van der Waals surface area contributed by atoms with Gasteiger partial charge in [0.15, 0.2) is 6.07 Å². The largest absolute Gasteiger partial charge is 0.389 e. The highest BCUT2D eigenvalue weighted by atomic mass is 32.1. The summed E-state index contributed by atoms with van der Waals surface area (Å²) in [5, 5.41) is 11.4. The molecule has 0 aliphatic heterocycles. The van der Waals surface area contributed by atoms with Gasteiger partial charge in [0, 0.05) is 11.8 Å². The van der Waals surface area contributed by atoms with Crippen LogP contribution in [-0.2, 0) is 6.42 Å². The number of rotatable bonds is 4. The molecule has 0 fully saturated rings. The van der Waals surface area contributed by atoms with E-state index in [9.17, 15) is 13.2 Å². The average Bonchev–Trinajstić information content (AvgIpc) is 2.69. The molecule has 1 aromatic heterocycles. The zero-order valence-corrected chi connectivity index (χ0v) is 10.4. The quantitative estimate of drug-likeness (QED) is 0.787. The third-order valence-electron chi connectivity index (χ3n) is 2.38. The number of hydrogen-bond acceptors (Lipinski definition) is 3. The third-order valence-corrected chi connectivity index (χ3v) is 3.21. The van der Waals surface area contributed by atoms with E-state index in [-0.39, 0.29) is 6.42 Å². The van der Waals surface area contributed by atoms with E-state index in [1.54, 1.807) is 18.4 Å². The Balaban J connectivity index is 2.82.